The molecule has 0 radical (unpaired) electrons. The van der Waals surface area contributed by atoms with E-state index in [9.17, 15) is 20.2 Å². The topological polar surface area (TPSA) is 120 Å². The largest absolute Gasteiger partial charge is 0.488 e. The molecule has 34 heavy (non-hydrogen) atoms. The lowest BCUT2D eigenvalue weighted by Crippen LogP contribution is -2.01. The summed E-state index contributed by atoms with van der Waals surface area (Å²) < 4.78 is 6.03. The second-order valence-electron chi connectivity index (χ2n) is 7.20. The number of nitro benzene ring substituents is 2. The summed E-state index contributed by atoms with van der Waals surface area (Å²) in [4.78, 5) is 20.9. The van der Waals surface area contributed by atoms with E-state index < -0.39 is 15.5 Å². The van der Waals surface area contributed by atoms with Crippen LogP contribution in [0.5, 0.6) is 5.75 Å². The number of hydrazone groups is 1. The summed E-state index contributed by atoms with van der Waals surface area (Å²) in [7, 11) is 0. The summed E-state index contributed by atoms with van der Waals surface area (Å²) >= 11 is 6.05. The van der Waals surface area contributed by atoms with E-state index in [2.05, 4.69) is 10.5 Å². The molecule has 4 aromatic carbocycles. The maximum atomic E-state index is 11.4. The van der Waals surface area contributed by atoms with E-state index in [0.717, 1.165) is 22.4 Å². The van der Waals surface area contributed by atoms with Gasteiger partial charge in [0.05, 0.1) is 22.1 Å². The van der Waals surface area contributed by atoms with Gasteiger partial charge in [0, 0.05) is 16.7 Å². The van der Waals surface area contributed by atoms with Gasteiger partial charge in [0.15, 0.2) is 0 Å². The first kappa shape index (κ1) is 22.7. The summed E-state index contributed by atoms with van der Waals surface area (Å²) in [6.45, 7) is 0.279. The number of nitro groups is 2. The monoisotopic (exact) mass is 476 g/mol. The zero-order chi connectivity index (χ0) is 24.1. The fourth-order valence-electron chi connectivity index (χ4n) is 3.37. The van der Waals surface area contributed by atoms with Crippen LogP contribution in [0.4, 0.5) is 17.1 Å². The molecule has 0 aliphatic rings. The highest BCUT2D eigenvalue weighted by Crippen LogP contribution is 2.30. The lowest BCUT2D eigenvalue weighted by Gasteiger charge is -2.12. The molecule has 4 aromatic rings. The first-order chi connectivity index (χ1) is 16.4. The van der Waals surface area contributed by atoms with E-state index in [0.29, 0.717) is 16.3 Å². The lowest BCUT2D eigenvalue weighted by atomic mass is 10.0. The number of rotatable bonds is 8. The van der Waals surface area contributed by atoms with E-state index in [1.165, 1.54) is 18.3 Å². The molecule has 0 aromatic heterocycles. The van der Waals surface area contributed by atoms with Crippen molar-refractivity contribution in [2.75, 3.05) is 5.43 Å². The number of nitrogens with zero attached hydrogens (tertiary/aromatic N) is 3. The van der Waals surface area contributed by atoms with E-state index >= 15 is 0 Å². The number of nitrogens with one attached hydrogen (secondary N) is 1. The second kappa shape index (κ2) is 9.97. The fraction of sp³-hybridized carbons (Fsp3) is 0.0417. The zero-order valence-corrected chi connectivity index (χ0v) is 18.3. The van der Waals surface area contributed by atoms with Gasteiger partial charge in [-0.2, -0.15) is 5.10 Å². The van der Waals surface area contributed by atoms with Gasteiger partial charge in [-0.15, -0.1) is 0 Å². The van der Waals surface area contributed by atoms with Crippen LogP contribution in [0.15, 0.2) is 84.0 Å². The molecule has 0 atom stereocenters. The van der Waals surface area contributed by atoms with Crippen molar-refractivity contribution >= 4 is 45.7 Å². The highest BCUT2D eigenvalue weighted by molar-refractivity contribution is 6.30. The summed E-state index contributed by atoms with van der Waals surface area (Å²) in [6, 6.07) is 22.0. The number of non-ortho nitro benzene ring substituents is 1. The number of anilines is 1. The third kappa shape index (κ3) is 5.11. The third-order valence-corrected chi connectivity index (χ3v) is 5.22. The molecule has 0 heterocycles. The Labute approximate surface area is 198 Å². The quantitative estimate of drug-likeness (QED) is 0.180. The van der Waals surface area contributed by atoms with Crippen molar-refractivity contribution in [3.05, 3.63) is 115 Å². The number of fused-ring (bicyclic) bond motifs is 1. The molecule has 0 bridgehead atoms. The minimum Gasteiger partial charge on any atom is -0.488 e. The Balaban J connectivity index is 1.64. The molecule has 1 N–H and O–H groups in total. The SMILES string of the molecule is O=[N+]([O-])c1ccc(N/N=C/c2c(OCc3cccc(Cl)c3)ccc3ccccc23)c([N+](=O)[O-])c1. The Bertz CT molecular complexity index is 1420. The molecule has 9 nitrogen and oxygen atoms in total. The maximum Gasteiger partial charge on any atom is 0.301 e. The van der Waals surface area contributed by atoms with Crippen molar-refractivity contribution in [1.29, 1.82) is 0 Å². The van der Waals surface area contributed by atoms with Crippen LogP contribution in [0.25, 0.3) is 10.8 Å². The van der Waals surface area contributed by atoms with Gasteiger partial charge < -0.3 is 4.74 Å². The Morgan fingerprint density at radius 1 is 0.941 bits per heavy atom. The van der Waals surface area contributed by atoms with Crippen LogP contribution in [-0.4, -0.2) is 16.1 Å². The first-order valence-electron chi connectivity index (χ1n) is 10.0. The standard InChI is InChI=1S/C24H17ClN4O5/c25-18-6-3-4-16(12-18)15-34-24-11-8-17-5-1-2-7-20(17)21(24)14-26-27-22-10-9-19(28(30)31)13-23(22)29(32)33/h1-14,27H,15H2/b26-14+. The molecule has 10 heteroatoms. The van der Waals surface area contributed by atoms with Crippen LogP contribution in [0.3, 0.4) is 0 Å². The Hall–Kier alpha value is -4.50. The van der Waals surface area contributed by atoms with E-state index in [4.69, 9.17) is 16.3 Å². The number of hydrogen-bond acceptors (Lipinski definition) is 7. The van der Waals surface area contributed by atoms with Gasteiger partial charge in [0.25, 0.3) is 5.69 Å². The molecule has 0 aliphatic heterocycles. The molecular weight excluding hydrogens is 460 g/mol. The van der Waals surface area contributed by atoms with Crippen LogP contribution in [0, 0.1) is 20.2 Å². The molecule has 0 aliphatic carbocycles. The molecular formula is C24H17ClN4O5. The molecule has 0 spiro atoms. The predicted octanol–water partition coefficient (Wildman–Crippen LogP) is 6.33. The summed E-state index contributed by atoms with van der Waals surface area (Å²) in [5.74, 6) is 0.558. The summed E-state index contributed by atoms with van der Waals surface area (Å²) in [6.07, 6.45) is 1.50. The lowest BCUT2D eigenvalue weighted by molar-refractivity contribution is -0.393. The van der Waals surface area contributed by atoms with Crippen LogP contribution in [0.1, 0.15) is 11.1 Å². The minimum atomic E-state index is -0.706. The number of benzene rings is 4. The van der Waals surface area contributed by atoms with Gasteiger partial charge in [-0.25, -0.2) is 0 Å². The van der Waals surface area contributed by atoms with Crippen molar-refractivity contribution in [1.82, 2.24) is 0 Å². The van der Waals surface area contributed by atoms with Crippen molar-refractivity contribution in [3.8, 4) is 5.75 Å². The van der Waals surface area contributed by atoms with Crippen molar-refractivity contribution in [2.45, 2.75) is 6.61 Å². The van der Waals surface area contributed by atoms with Crippen LogP contribution >= 0.6 is 11.6 Å². The van der Waals surface area contributed by atoms with Gasteiger partial charge in [-0.1, -0.05) is 54.1 Å². The second-order valence-corrected chi connectivity index (χ2v) is 7.64. The maximum absolute atomic E-state index is 11.4. The normalized spacial score (nSPS) is 11.0. The van der Waals surface area contributed by atoms with Crippen LogP contribution in [0.2, 0.25) is 5.02 Å². The van der Waals surface area contributed by atoms with Crippen molar-refractivity contribution in [2.24, 2.45) is 5.10 Å². The highest BCUT2D eigenvalue weighted by Gasteiger charge is 2.19. The number of hydrogen-bond donors (Lipinski definition) is 1. The minimum absolute atomic E-state index is 0.0217. The van der Waals surface area contributed by atoms with Crippen LogP contribution in [-0.2, 0) is 6.61 Å². The molecule has 0 fully saturated rings. The molecule has 170 valence electrons. The van der Waals surface area contributed by atoms with Gasteiger partial charge in [0.2, 0.25) is 0 Å². The molecule has 4 rings (SSSR count). The van der Waals surface area contributed by atoms with Gasteiger partial charge in [0.1, 0.15) is 18.0 Å². The van der Waals surface area contributed by atoms with Crippen molar-refractivity contribution in [3.63, 3.8) is 0 Å². The molecule has 0 saturated heterocycles. The van der Waals surface area contributed by atoms with E-state index in [1.54, 1.807) is 6.07 Å². The molecule has 0 unspecified atom stereocenters. The van der Waals surface area contributed by atoms with Gasteiger partial charge >= 0.3 is 5.69 Å². The molecule has 0 saturated carbocycles. The summed E-state index contributed by atoms with van der Waals surface area (Å²) in [5.41, 5.74) is 3.35. The fourth-order valence-corrected chi connectivity index (χ4v) is 3.58. The zero-order valence-electron chi connectivity index (χ0n) is 17.6. The highest BCUT2D eigenvalue weighted by atomic mass is 35.5. The average Bonchev–Trinajstić information content (AvgIpc) is 2.83. The smallest absolute Gasteiger partial charge is 0.301 e. The first-order valence-corrected chi connectivity index (χ1v) is 10.4. The van der Waals surface area contributed by atoms with Gasteiger partial charge in [-0.05, 0) is 40.6 Å². The van der Waals surface area contributed by atoms with Gasteiger partial charge in [-0.3, -0.25) is 25.7 Å². The number of halogens is 1. The summed E-state index contributed by atoms with van der Waals surface area (Å²) in [5, 5.41) is 28.9. The number of ether oxygens (including phenoxy) is 1. The molecule has 0 amide bonds. The third-order valence-electron chi connectivity index (χ3n) is 4.98. The van der Waals surface area contributed by atoms with Crippen LogP contribution < -0.4 is 10.2 Å². The Morgan fingerprint density at radius 2 is 1.76 bits per heavy atom. The van der Waals surface area contributed by atoms with E-state index in [1.807, 2.05) is 54.6 Å². The Morgan fingerprint density at radius 3 is 2.53 bits per heavy atom. The van der Waals surface area contributed by atoms with E-state index in [-0.39, 0.29) is 18.0 Å². The average molecular weight is 477 g/mol. The predicted molar refractivity (Wildman–Crippen MR) is 131 cm³/mol. The Kier molecular flexibility index (Phi) is 6.65. The van der Waals surface area contributed by atoms with Crippen molar-refractivity contribution < 1.29 is 14.6 Å².